The summed E-state index contributed by atoms with van der Waals surface area (Å²) in [5, 5.41) is 7.31. The van der Waals surface area contributed by atoms with Gasteiger partial charge >= 0.3 is 12.2 Å². The van der Waals surface area contributed by atoms with E-state index in [4.69, 9.17) is 5.73 Å². The quantitative estimate of drug-likeness (QED) is 0.187. The Balaban J connectivity index is 1.40. The van der Waals surface area contributed by atoms with Crippen molar-refractivity contribution in [1.29, 1.82) is 0 Å². The maximum absolute atomic E-state index is 14.6. The highest BCUT2D eigenvalue weighted by molar-refractivity contribution is 6.37. The van der Waals surface area contributed by atoms with Gasteiger partial charge in [-0.15, -0.1) is 0 Å². The zero-order chi connectivity index (χ0) is 34.6. The summed E-state index contributed by atoms with van der Waals surface area (Å²) >= 11 is 0. The highest BCUT2D eigenvalue weighted by Gasteiger charge is 2.73. The number of Topliss-reactive ketones (excluding diaryl/α,β-unsaturated/α-hetero) is 2. The summed E-state index contributed by atoms with van der Waals surface area (Å²) in [5.41, 5.74) is 2.55. The fourth-order valence-corrected chi connectivity index (χ4v) is 7.26. The van der Waals surface area contributed by atoms with Crippen LogP contribution in [0, 0.1) is 34.5 Å². The second-order valence-corrected chi connectivity index (χ2v) is 14.5. The van der Waals surface area contributed by atoms with Crippen molar-refractivity contribution < 1.29 is 41.9 Å². The highest BCUT2D eigenvalue weighted by atomic mass is 19.4. The molecule has 1 aromatic rings. The van der Waals surface area contributed by atoms with Crippen LogP contribution in [0.2, 0.25) is 0 Å². The summed E-state index contributed by atoms with van der Waals surface area (Å²) in [7, 11) is 0. The molecule has 47 heavy (non-hydrogen) atoms. The number of hydrogen-bond donors (Lipinski definition) is 4. The van der Waals surface area contributed by atoms with E-state index in [9.17, 15) is 41.9 Å². The monoisotopic (exact) mass is 661 g/mol. The molecular formula is C33H42F3N5O6. The molecule has 4 fully saturated rings. The fourth-order valence-electron chi connectivity index (χ4n) is 7.26. The van der Waals surface area contributed by atoms with Gasteiger partial charge < -0.3 is 26.6 Å². The number of rotatable bonds is 13. The predicted octanol–water partition coefficient (Wildman–Crippen LogP) is 2.73. The number of amides is 5. The van der Waals surface area contributed by atoms with Gasteiger partial charge in [-0.05, 0) is 48.3 Å². The Morgan fingerprint density at radius 2 is 1.60 bits per heavy atom. The molecule has 1 aliphatic heterocycles. The summed E-state index contributed by atoms with van der Waals surface area (Å²) in [6.45, 7) is 7.09. The Morgan fingerprint density at radius 3 is 2.11 bits per heavy atom. The van der Waals surface area contributed by atoms with Gasteiger partial charge in [-0.25, -0.2) is 4.79 Å². The number of carbonyl (C=O) groups is 6. The minimum absolute atomic E-state index is 0.0273. The number of ketones is 2. The minimum Gasteiger partial charge on any atom is -0.363 e. The van der Waals surface area contributed by atoms with E-state index >= 15 is 0 Å². The van der Waals surface area contributed by atoms with E-state index < -0.39 is 101 Å². The number of piperidine rings is 1. The Bertz CT molecular complexity index is 1460. The summed E-state index contributed by atoms with van der Waals surface area (Å²) in [5.74, 6) is -5.43. The van der Waals surface area contributed by atoms with Crippen LogP contribution >= 0.6 is 0 Å². The summed E-state index contributed by atoms with van der Waals surface area (Å²) in [6.07, 6.45) is -3.87. The molecule has 3 saturated carbocycles. The first-order chi connectivity index (χ1) is 21.9. The van der Waals surface area contributed by atoms with Crippen LogP contribution in [0.3, 0.4) is 0 Å². The number of primary amides is 1. The predicted molar refractivity (Wildman–Crippen MR) is 162 cm³/mol. The topological polar surface area (TPSA) is 168 Å². The van der Waals surface area contributed by atoms with Gasteiger partial charge in [0.25, 0.3) is 5.91 Å². The van der Waals surface area contributed by atoms with E-state index in [0.29, 0.717) is 5.56 Å². The molecule has 3 aliphatic carbocycles. The number of halogens is 3. The highest BCUT2D eigenvalue weighted by Crippen LogP contribution is 2.66. The van der Waals surface area contributed by atoms with Crippen LogP contribution in [0.5, 0.6) is 0 Å². The van der Waals surface area contributed by atoms with Crippen molar-refractivity contribution in [1.82, 2.24) is 20.9 Å². The van der Waals surface area contributed by atoms with Gasteiger partial charge in [0.05, 0.1) is 17.5 Å². The lowest BCUT2D eigenvalue weighted by molar-refractivity contribution is -0.199. The van der Waals surface area contributed by atoms with E-state index in [0.717, 1.165) is 17.7 Å². The van der Waals surface area contributed by atoms with Crippen molar-refractivity contribution in [3.63, 3.8) is 0 Å². The third-order valence-corrected chi connectivity index (χ3v) is 10.6. The number of nitrogens with one attached hydrogen (secondary N) is 3. The molecule has 0 bridgehead atoms. The fraction of sp³-hybridized carbons (Fsp3) is 0.636. The molecule has 5 amide bonds. The average Bonchev–Trinajstić information content (AvgIpc) is 3.95. The lowest BCUT2D eigenvalue weighted by atomic mass is 9.92. The zero-order valence-electron chi connectivity index (χ0n) is 26.9. The van der Waals surface area contributed by atoms with Crippen LogP contribution < -0.4 is 21.7 Å². The molecule has 5 N–H and O–H groups in total. The van der Waals surface area contributed by atoms with E-state index in [1.165, 1.54) is 0 Å². The maximum atomic E-state index is 14.6. The number of likely N-dealkylation sites (tertiary alicyclic amines) is 1. The van der Waals surface area contributed by atoms with Crippen molar-refractivity contribution >= 4 is 35.3 Å². The lowest BCUT2D eigenvalue weighted by Gasteiger charge is -2.37. The third kappa shape index (κ3) is 6.60. The second-order valence-electron chi connectivity index (χ2n) is 14.5. The number of fused-ring (bicyclic) bond motifs is 1. The van der Waals surface area contributed by atoms with Crippen LogP contribution in [0.4, 0.5) is 18.0 Å². The molecule has 0 radical (unpaired) electrons. The van der Waals surface area contributed by atoms with Gasteiger partial charge in [0, 0.05) is 12.1 Å². The number of nitrogens with two attached hydrogens (primary N) is 1. The number of benzene rings is 1. The number of carbonyl (C=O) groups excluding carboxylic acids is 6. The Kier molecular flexibility index (Phi) is 8.95. The first-order valence-corrected chi connectivity index (χ1v) is 16.1. The van der Waals surface area contributed by atoms with Gasteiger partial charge in [0.1, 0.15) is 12.1 Å². The summed E-state index contributed by atoms with van der Waals surface area (Å²) < 4.78 is 43.7. The molecule has 4 aliphatic rings. The molecule has 256 valence electrons. The van der Waals surface area contributed by atoms with Crippen molar-refractivity contribution in [2.45, 2.75) is 90.1 Å². The summed E-state index contributed by atoms with van der Waals surface area (Å²) in [4.78, 5) is 79.9. The van der Waals surface area contributed by atoms with Crippen molar-refractivity contribution in [3.8, 4) is 0 Å². The Morgan fingerprint density at radius 1 is 0.979 bits per heavy atom. The Labute approximate surface area is 270 Å². The standard InChI is InChI=1S/C33H42F3N5O6/c1-16(2)22(24(42)18-8-6-5-7-9-18)39-30(47)40-26(32(12-13-32)33(34,35)36)29(46)41-15-19-21(31(19,3)4)23(41)28(45)38-20(14-17-10-11-17)25(43)27(37)44/h5-9,16-17,19-23,26H,10-15H2,1-4H3,(H2,37,44)(H,38,45)(H2,39,40,47)/t19-,20?,21-,22-,23-,26+/m0/s1. The third-order valence-electron chi connectivity index (χ3n) is 10.6. The molecule has 11 nitrogen and oxygen atoms in total. The van der Waals surface area contributed by atoms with E-state index in [1.54, 1.807) is 44.2 Å². The van der Waals surface area contributed by atoms with Crippen molar-refractivity contribution in [2.24, 2.45) is 40.2 Å². The van der Waals surface area contributed by atoms with Gasteiger partial charge in [0.15, 0.2) is 5.78 Å². The van der Waals surface area contributed by atoms with Crippen LogP contribution in [-0.2, 0) is 19.2 Å². The smallest absolute Gasteiger partial charge is 0.363 e. The Hall–Kier alpha value is -3.97. The number of urea groups is 1. The van der Waals surface area contributed by atoms with Crippen molar-refractivity contribution in [2.75, 3.05) is 6.54 Å². The molecule has 1 unspecified atom stereocenters. The molecular weight excluding hydrogens is 619 g/mol. The summed E-state index contributed by atoms with van der Waals surface area (Å²) in [6, 6.07) is 1.38. The average molecular weight is 662 g/mol. The molecule has 1 heterocycles. The van der Waals surface area contributed by atoms with E-state index in [1.807, 2.05) is 13.8 Å². The zero-order valence-corrected chi connectivity index (χ0v) is 26.9. The van der Waals surface area contributed by atoms with Crippen LogP contribution in [0.1, 0.15) is 70.2 Å². The molecule has 0 aromatic heterocycles. The molecule has 14 heteroatoms. The number of nitrogens with zero attached hydrogens (tertiary/aromatic N) is 1. The second kappa shape index (κ2) is 12.2. The van der Waals surface area contributed by atoms with Crippen LogP contribution in [0.15, 0.2) is 30.3 Å². The number of alkyl halides is 3. The molecule has 5 rings (SSSR count). The van der Waals surface area contributed by atoms with Crippen LogP contribution in [0.25, 0.3) is 0 Å². The van der Waals surface area contributed by atoms with Crippen molar-refractivity contribution in [3.05, 3.63) is 35.9 Å². The SMILES string of the molecule is CC(C)[C@H](NC(=O)N[C@H](C(=O)N1C[C@H]2[C@@H]([C@H]1C(=O)NC(CC1CC1)C(=O)C(N)=O)C2(C)C)C1(C(F)(F)F)CC1)C(=O)c1ccccc1. The largest absolute Gasteiger partial charge is 0.396 e. The van der Waals surface area contributed by atoms with Gasteiger partial charge in [0.2, 0.25) is 17.6 Å². The van der Waals surface area contributed by atoms with E-state index in [-0.39, 0.29) is 24.8 Å². The van der Waals surface area contributed by atoms with Gasteiger partial charge in [-0.1, -0.05) is 70.9 Å². The first-order valence-electron chi connectivity index (χ1n) is 16.1. The molecule has 1 aromatic carbocycles. The van der Waals surface area contributed by atoms with E-state index in [2.05, 4.69) is 16.0 Å². The maximum Gasteiger partial charge on any atom is 0.396 e. The minimum atomic E-state index is -4.86. The normalized spacial score (nSPS) is 25.5. The molecule has 0 spiro atoms. The lowest BCUT2D eigenvalue weighted by Crippen LogP contribution is -2.63. The molecule has 6 atom stereocenters. The van der Waals surface area contributed by atoms with Gasteiger partial charge in [-0.2, -0.15) is 13.2 Å². The first kappa shape index (κ1) is 34.4. The van der Waals surface area contributed by atoms with Gasteiger partial charge in [-0.3, -0.25) is 24.0 Å². The number of hydrogen-bond acceptors (Lipinski definition) is 6. The molecule has 1 saturated heterocycles. The van der Waals surface area contributed by atoms with Crippen LogP contribution in [-0.4, -0.2) is 77.1 Å².